The molecule has 54 valence electrons. The van der Waals surface area contributed by atoms with E-state index in [1.165, 1.54) is 0 Å². The molecule has 0 heterocycles. The topological polar surface area (TPSA) is 17.1 Å². The number of allylic oxidation sites excluding steroid dienone is 8. The Hall–Kier alpha value is -1.37. The molecule has 0 saturated heterocycles. The van der Waals surface area contributed by atoms with E-state index in [-0.39, 0.29) is 5.78 Å². The van der Waals surface area contributed by atoms with Crippen LogP contribution in [0.4, 0.5) is 0 Å². The van der Waals surface area contributed by atoms with Gasteiger partial charge in [0.05, 0.1) is 0 Å². The maximum atomic E-state index is 11.3. The molecule has 0 fully saturated rings. The molecule has 2 aliphatic rings. The number of rotatable bonds is 0. The van der Waals surface area contributed by atoms with Crippen molar-refractivity contribution in [2.24, 2.45) is 0 Å². The van der Waals surface area contributed by atoms with Crippen molar-refractivity contribution in [3.63, 3.8) is 0 Å². The Morgan fingerprint density at radius 1 is 1.18 bits per heavy atom. The molecule has 0 saturated carbocycles. The highest BCUT2D eigenvalue weighted by atomic mass is 16.1. The molecule has 0 atom stereocenters. The van der Waals surface area contributed by atoms with Crippen LogP contribution in [0.15, 0.2) is 47.6 Å². The largest absolute Gasteiger partial charge is 0.294 e. The van der Waals surface area contributed by atoms with Gasteiger partial charge in [0.2, 0.25) is 0 Å². The maximum Gasteiger partial charge on any atom is 0.167 e. The van der Waals surface area contributed by atoms with E-state index in [9.17, 15) is 4.79 Å². The van der Waals surface area contributed by atoms with Crippen LogP contribution >= 0.6 is 0 Å². The monoisotopic (exact) mass is 144 g/mol. The number of carbonyl (C=O) groups is 1. The Morgan fingerprint density at radius 2 is 2.09 bits per heavy atom. The molecular weight excluding hydrogens is 136 g/mol. The zero-order valence-electron chi connectivity index (χ0n) is 6.08. The van der Waals surface area contributed by atoms with Gasteiger partial charge in [-0.25, -0.2) is 0 Å². The first kappa shape index (κ1) is 6.35. The van der Waals surface area contributed by atoms with Crippen molar-refractivity contribution in [3.8, 4) is 0 Å². The van der Waals surface area contributed by atoms with Crippen molar-refractivity contribution >= 4 is 5.78 Å². The molecule has 0 aromatic carbocycles. The van der Waals surface area contributed by atoms with E-state index in [1.807, 2.05) is 36.5 Å². The third-order valence-electron chi connectivity index (χ3n) is 1.87. The van der Waals surface area contributed by atoms with Crippen molar-refractivity contribution in [1.29, 1.82) is 0 Å². The highest BCUT2D eigenvalue weighted by Gasteiger charge is 2.14. The minimum Gasteiger partial charge on any atom is -0.294 e. The van der Waals surface area contributed by atoms with E-state index < -0.39 is 0 Å². The molecule has 0 bridgehead atoms. The molecule has 1 nitrogen and oxygen atoms in total. The number of carbonyl (C=O) groups excluding carboxylic acids is 1. The third kappa shape index (κ3) is 0.984. The highest BCUT2D eigenvalue weighted by Crippen LogP contribution is 2.22. The predicted molar refractivity (Wildman–Crippen MR) is 44.1 cm³/mol. The van der Waals surface area contributed by atoms with E-state index in [2.05, 4.69) is 0 Å². The molecule has 0 unspecified atom stereocenters. The van der Waals surface area contributed by atoms with Crippen LogP contribution in [-0.2, 0) is 4.79 Å². The van der Waals surface area contributed by atoms with Crippen LogP contribution in [0.1, 0.15) is 6.42 Å². The maximum absolute atomic E-state index is 11.3. The first-order chi connectivity index (χ1) is 5.38. The second-order valence-corrected chi connectivity index (χ2v) is 2.62. The quantitative estimate of drug-likeness (QED) is 0.507. The summed E-state index contributed by atoms with van der Waals surface area (Å²) in [6.07, 6.45) is 12.1. The first-order valence-corrected chi connectivity index (χ1v) is 3.67. The summed E-state index contributed by atoms with van der Waals surface area (Å²) in [6.45, 7) is 0. The van der Waals surface area contributed by atoms with E-state index in [0.29, 0.717) is 6.42 Å². The summed E-state index contributed by atoms with van der Waals surface area (Å²) >= 11 is 0. The lowest BCUT2D eigenvalue weighted by atomic mass is 10.1. The van der Waals surface area contributed by atoms with Gasteiger partial charge in [0.25, 0.3) is 0 Å². The SMILES string of the molecule is O=C1CC=CC=C2C=CC=C12. The third-order valence-corrected chi connectivity index (χ3v) is 1.87. The average molecular weight is 144 g/mol. The summed E-state index contributed by atoms with van der Waals surface area (Å²) in [5.41, 5.74) is 1.90. The lowest BCUT2D eigenvalue weighted by Gasteiger charge is -1.97. The van der Waals surface area contributed by atoms with Crippen LogP contribution in [0.5, 0.6) is 0 Å². The lowest BCUT2D eigenvalue weighted by molar-refractivity contribution is -0.114. The minimum atomic E-state index is 0.218. The second-order valence-electron chi connectivity index (χ2n) is 2.62. The van der Waals surface area contributed by atoms with Gasteiger partial charge < -0.3 is 0 Å². The minimum absolute atomic E-state index is 0.218. The summed E-state index contributed by atoms with van der Waals surface area (Å²) in [4.78, 5) is 11.3. The summed E-state index contributed by atoms with van der Waals surface area (Å²) in [5, 5.41) is 0. The summed E-state index contributed by atoms with van der Waals surface area (Å²) in [7, 11) is 0. The summed E-state index contributed by atoms with van der Waals surface area (Å²) in [6, 6.07) is 0. The normalized spacial score (nSPS) is 20.9. The molecule has 1 heteroatoms. The van der Waals surface area contributed by atoms with Crippen LogP contribution in [0.2, 0.25) is 0 Å². The fraction of sp³-hybridized carbons (Fsp3) is 0.100. The fourth-order valence-corrected chi connectivity index (χ4v) is 1.29. The van der Waals surface area contributed by atoms with E-state index >= 15 is 0 Å². The van der Waals surface area contributed by atoms with Gasteiger partial charge in [-0.05, 0) is 5.57 Å². The van der Waals surface area contributed by atoms with Gasteiger partial charge in [-0.3, -0.25) is 4.79 Å². The Kier molecular flexibility index (Phi) is 1.35. The second kappa shape index (κ2) is 2.35. The zero-order chi connectivity index (χ0) is 7.68. The molecule has 0 radical (unpaired) electrons. The van der Waals surface area contributed by atoms with Crippen LogP contribution in [-0.4, -0.2) is 5.78 Å². The van der Waals surface area contributed by atoms with Gasteiger partial charge in [0, 0.05) is 12.0 Å². The molecule has 0 aromatic heterocycles. The van der Waals surface area contributed by atoms with Gasteiger partial charge in [-0.2, -0.15) is 0 Å². The van der Waals surface area contributed by atoms with Crippen LogP contribution in [0.25, 0.3) is 0 Å². The number of fused-ring (bicyclic) bond motifs is 1. The van der Waals surface area contributed by atoms with Crippen LogP contribution in [0, 0.1) is 0 Å². The molecule has 0 aromatic rings. The van der Waals surface area contributed by atoms with E-state index in [4.69, 9.17) is 0 Å². The van der Waals surface area contributed by atoms with Gasteiger partial charge >= 0.3 is 0 Å². The zero-order valence-corrected chi connectivity index (χ0v) is 6.08. The molecule has 0 N–H and O–H groups in total. The predicted octanol–water partition coefficient (Wildman–Crippen LogP) is 1.94. The molecule has 2 aliphatic carbocycles. The Bertz CT molecular complexity index is 314. The average Bonchev–Trinajstić information content (AvgIpc) is 2.40. The number of ketones is 1. The smallest absolute Gasteiger partial charge is 0.167 e. The summed E-state index contributed by atoms with van der Waals surface area (Å²) < 4.78 is 0. The molecule has 11 heavy (non-hydrogen) atoms. The Labute approximate surface area is 65.4 Å². The molecule has 0 spiro atoms. The lowest BCUT2D eigenvalue weighted by Crippen LogP contribution is -1.98. The summed E-state index contributed by atoms with van der Waals surface area (Å²) in [5.74, 6) is 0.218. The Morgan fingerprint density at radius 3 is 3.00 bits per heavy atom. The van der Waals surface area contributed by atoms with Gasteiger partial charge in [0.1, 0.15) is 0 Å². The van der Waals surface area contributed by atoms with Crippen LogP contribution < -0.4 is 0 Å². The number of hydrogen-bond acceptors (Lipinski definition) is 1. The van der Waals surface area contributed by atoms with Crippen molar-refractivity contribution in [3.05, 3.63) is 47.6 Å². The van der Waals surface area contributed by atoms with Gasteiger partial charge in [0.15, 0.2) is 5.78 Å². The molecule has 0 aliphatic heterocycles. The molecule has 2 rings (SSSR count). The Balaban J connectivity index is 2.47. The number of Topliss-reactive ketones (excluding diaryl/α,β-unsaturated/α-hetero) is 1. The molecule has 0 amide bonds. The van der Waals surface area contributed by atoms with Crippen molar-refractivity contribution in [1.82, 2.24) is 0 Å². The van der Waals surface area contributed by atoms with Crippen LogP contribution in [0.3, 0.4) is 0 Å². The van der Waals surface area contributed by atoms with Crippen molar-refractivity contribution < 1.29 is 4.79 Å². The fourth-order valence-electron chi connectivity index (χ4n) is 1.29. The number of hydrogen-bond donors (Lipinski definition) is 0. The van der Waals surface area contributed by atoms with Gasteiger partial charge in [-0.1, -0.05) is 36.5 Å². The standard InChI is InChI=1S/C10H8O/c11-10-7-2-1-4-8-5-3-6-9(8)10/h1-6H,7H2. The van der Waals surface area contributed by atoms with Crippen molar-refractivity contribution in [2.75, 3.05) is 0 Å². The highest BCUT2D eigenvalue weighted by molar-refractivity contribution is 6.03. The first-order valence-electron chi connectivity index (χ1n) is 3.67. The molecular formula is C10H8O. The van der Waals surface area contributed by atoms with Gasteiger partial charge in [-0.15, -0.1) is 0 Å². The van der Waals surface area contributed by atoms with E-state index in [0.717, 1.165) is 11.1 Å². The van der Waals surface area contributed by atoms with E-state index in [1.54, 1.807) is 0 Å². The van der Waals surface area contributed by atoms with Crippen molar-refractivity contribution in [2.45, 2.75) is 6.42 Å².